The van der Waals surface area contributed by atoms with Crippen molar-refractivity contribution in [3.8, 4) is 5.75 Å². The van der Waals surface area contributed by atoms with Crippen LogP contribution in [0.15, 0.2) is 18.2 Å². The number of ether oxygens (including phenoxy) is 1. The highest BCUT2D eigenvalue weighted by Crippen LogP contribution is 2.25. The summed E-state index contributed by atoms with van der Waals surface area (Å²) in [5, 5.41) is 2.71. The molecule has 88 valence electrons. The van der Waals surface area contributed by atoms with E-state index in [2.05, 4.69) is 5.32 Å². The standard InChI is InChI=1S/C12H18N2O2/c1-3-6-16-11-7-9(2)4-5-10(11)14-12(15)8-13/h4-5,7H,3,6,8,13H2,1-2H3,(H,14,15). The Morgan fingerprint density at radius 2 is 2.25 bits per heavy atom. The number of carbonyl (C=O) groups excluding carboxylic acids is 1. The molecule has 0 saturated carbocycles. The minimum Gasteiger partial charge on any atom is -0.491 e. The number of benzene rings is 1. The van der Waals surface area contributed by atoms with Gasteiger partial charge in [-0.2, -0.15) is 0 Å². The van der Waals surface area contributed by atoms with Gasteiger partial charge in [-0.1, -0.05) is 13.0 Å². The zero-order valence-electron chi connectivity index (χ0n) is 9.75. The van der Waals surface area contributed by atoms with Crippen molar-refractivity contribution >= 4 is 11.6 Å². The van der Waals surface area contributed by atoms with Gasteiger partial charge < -0.3 is 15.8 Å². The van der Waals surface area contributed by atoms with E-state index in [-0.39, 0.29) is 12.5 Å². The van der Waals surface area contributed by atoms with E-state index in [1.807, 2.05) is 32.0 Å². The molecule has 0 aliphatic rings. The summed E-state index contributed by atoms with van der Waals surface area (Å²) >= 11 is 0. The van der Waals surface area contributed by atoms with Crippen LogP contribution in [0.5, 0.6) is 5.75 Å². The van der Waals surface area contributed by atoms with Gasteiger partial charge in [0.1, 0.15) is 5.75 Å². The average Bonchev–Trinajstić information content (AvgIpc) is 2.29. The largest absolute Gasteiger partial charge is 0.491 e. The number of nitrogens with one attached hydrogen (secondary N) is 1. The summed E-state index contributed by atoms with van der Waals surface area (Å²) in [7, 11) is 0. The van der Waals surface area contributed by atoms with Gasteiger partial charge in [-0.05, 0) is 31.0 Å². The molecule has 0 aliphatic carbocycles. The van der Waals surface area contributed by atoms with Gasteiger partial charge in [0.15, 0.2) is 0 Å². The highest BCUT2D eigenvalue weighted by Gasteiger charge is 2.06. The van der Waals surface area contributed by atoms with Crippen LogP contribution >= 0.6 is 0 Å². The van der Waals surface area contributed by atoms with Gasteiger partial charge in [-0.15, -0.1) is 0 Å². The third-order valence-corrected chi connectivity index (χ3v) is 2.06. The Hall–Kier alpha value is -1.55. The minimum atomic E-state index is -0.217. The van der Waals surface area contributed by atoms with Gasteiger partial charge >= 0.3 is 0 Å². The summed E-state index contributed by atoms with van der Waals surface area (Å²) in [6.07, 6.45) is 0.929. The maximum absolute atomic E-state index is 11.2. The highest BCUT2D eigenvalue weighted by molar-refractivity contribution is 5.93. The van der Waals surface area contributed by atoms with Crippen molar-refractivity contribution in [2.75, 3.05) is 18.5 Å². The Kier molecular flexibility index (Phi) is 4.79. The number of hydrogen-bond donors (Lipinski definition) is 2. The van der Waals surface area contributed by atoms with Crippen LogP contribution < -0.4 is 15.8 Å². The monoisotopic (exact) mass is 222 g/mol. The summed E-state index contributed by atoms with van der Waals surface area (Å²) < 4.78 is 5.56. The van der Waals surface area contributed by atoms with Crippen LogP contribution in [-0.2, 0) is 4.79 Å². The van der Waals surface area contributed by atoms with Crippen LogP contribution in [0.1, 0.15) is 18.9 Å². The number of amides is 1. The zero-order valence-corrected chi connectivity index (χ0v) is 9.75. The van der Waals surface area contributed by atoms with Crippen molar-refractivity contribution in [2.24, 2.45) is 5.73 Å². The molecule has 0 aromatic heterocycles. The van der Waals surface area contributed by atoms with E-state index in [0.717, 1.165) is 12.0 Å². The molecule has 0 atom stereocenters. The van der Waals surface area contributed by atoms with E-state index in [1.165, 1.54) is 0 Å². The lowest BCUT2D eigenvalue weighted by Gasteiger charge is -2.12. The second-order valence-electron chi connectivity index (χ2n) is 3.60. The van der Waals surface area contributed by atoms with Crippen LogP contribution in [0.2, 0.25) is 0 Å². The Bertz CT molecular complexity index is 364. The fraction of sp³-hybridized carbons (Fsp3) is 0.417. The summed E-state index contributed by atoms with van der Waals surface area (Å²) in [5.41, 5.74) is 7.02. The van der Waals surface area contributed by atoms with Gasteiger partial charge in [-0.25, -0.2) is 0 Å². The van der Waals surface area contributed by atoms with Crippen molar-refractivity contribution in [1.29, 1.82) is 0 Å². The first-order chi connectivity index (χ1) is 7.67. The second-order valence-corrected chi connectivity index (χ2v) is 3.60. The summed E-state index contributed by atoms with van der Waals surface area (Å²) in [6.45, 7) is 4.62. The zero-order chi connectivity index (χ0) is 12.0. The topological polar surface area (TPSA) is 64.3 Å². The lowest BCUT2D eigenvalue weighted by atomic mass is 10.2. The smallest absolute Gasteiger partial charge is 0.238 e. The van der Waals surface area contributed by atoms with Crippen LogP contribution in [0.25, 0.3) is 0 Å². The first-order valence-electron chi connectivity index (χ1n) is 5.40. The molecular formula is C12H18N2O2. The van der Waals surface area contributed by atoms with Crippen molar-refractivity contribution in [3.63, 3.8) is 0 Å². The first-order valence-corrected chi connectivity index (χ1v) is 5.40. The molecule has 0 bridgehead atoms. The third-order valence-electron chi connectivity index (χ3n) is 2.06. The molecule has 4 nitrogen and oxygen atoms in total. The molecule has 1 amide bonds. The predicted octanol–water partition coefficient (Wildman–Crippen LogP) is 1.68. The molecule has 0 radical (unpaired) electrons. The number of aryl methyl sites for hydroxylation is 1. The van der Waals surface area contributed by atoms with Gasteiger partial charge in [0.25, 0.3) is 0 Å². The number of rotatable bonds is 5. The predicted molar refractivity (Wildman–Crippen MR) is 64.6 cm³/mol. The van der Waals surface area contributed by atoms with Gasteiger partial charge in [0.2, 0.25) is 5.91 Å². The molecular weight excluding hydrogens is 204 g/mol. The quantitative estimate of drug-likeness (QED) is 0.796. The molecule has 1 aromatic rings. The van der Waals surface area contributed by atoms with Crippen LogP contribution in [0.3, 0.4) is 0 Å². The fourth-order valence-corrected chi connectivity index (χ4v) is 1.27. The minimum absolute atomic E-state index is 0.0267. The normalized spacial score (nSPS) is 9.94. The van der Waals surface area contributed by atoms with Crippen molar-refractivity contribution in [2.45, 2.75) is 20.3 Å². The maximum atomic E-state index is 11.2. The van der Waals surface area contributed by atoms with Crippen LogP contribution in [0.4, 0.5) is 5.69 Å². The molecule has 1 rings (SSSR count). The van der Waals surface area contributed by atoms with E-state index >= 15 is 0 Å². The summed E-state index contributed by atoms with van der Waals surface area (Å²) in [4.78, 5) is 11.2. The molecule has 0 aliphatic heterocycles. The molecule has 0 heterocycles. The summed E-state index contributed by atoms with van der Waals surface area (Å²) in [6, 6.07) is 5.65. The molecule has 0 spiro atoms. The van der Waals surface area contributed by atoms with Crippen LogP contribution in [-0.4, -0.2) is 19.1 Å². The van der Waals surface area contributed by atoms with Gasteiger partial charge in [0, 0.05) is 0 Å². The van der Waals surface area contributed by atoms with Gasteiger partial charge in [-0.3, -0.25) is 4.79 Å². The SMILES string of the molecule is CCCOc1cc(C)ccc1NC(=O)CN. The maximum Gasteiger partial charge on any atom is 0.238 e. The Morgan fingerprint density at radius 1 is 1.50 bits per heavy atom. The highest BCUT2D eigenvalue weighted by atomic mass is 16.5. The molecule has 0 unspecified atom stereocenters. The number of nitrogens with two attached hydrogens (primary N) is 1. The van der Waals surface area contributed by atoms with E-state index in [1.54, 1.807) is 0 Å². The lowest BCUT2D eigenvalue weighted by Crippen LogP contribution is -2.22. The van der Waals surface area contributed by atoms with Crippen molar-refractivity contribution in [1.82, 2.24) is 0 Å². The first kappa shape index (κ1) is 12.5. The number of carbonyl (C=O) groups is 1. The van der Waals surface area contributed by atoms with E-state index in [9.17, 15) is 4.79 Å². The Labute approximate surface area is 95.8 Å². The number of hydrogen-bond acceptors (Lipinski definition) is 3. The van der Waals surface area contributed by atoms with E-state index in [4.69, 9.17) is 10.5 Å². The molecule has 16 heavy (non-hydrogen) atoms. The average molecular weight is 222 g/mol. The Morgan fingerprint density at radius 3 is 2.88 bits per heavy atom. The van der Waals surface area contributed by atoms with Crippen molar-refractivity contribution in [3.05, 3.63) is 23.8 Å². The van der Waals surface area contributed by atoms with E-state index < -0.39 is 0 Å². The molecule has 1 aromatic carbocycles. The molecule has 0 fully saturated rings. The fourth-order valence-electron chi connectivity index (χ4n) is 1.27. The lowest BCUT2D eigenvalue weighted by molar-refractivity contribution is -0.114. The molecule has 0 saturated heterocycles. The van der Waals surface area contributed by atoms with Gasteiger partial charge in [0.05, 0.1) is 18.8 Å². The third kappa shape index (κ3) is 3.55. The second kappa shape index (κ2) is 6.12. The number of anilines is 1. The Balaban J connectivity index is 2.84. The van der Waals surface area contributed by atoms with Crippen molar-refractivity contribution < 1.29 is 9.53 Å². The van der Waals surface area contributed by atoms with Crippen LogP contribution in [0, 0.1) is 6.92 Å². The van der Waals surface area contributed by atoms with E-state index in [0.29, 0.717) is 18.0 Å². The molecule has 3 N–H and O–H groups in total. The molecule has 4 heteroatoms. The summed E-state index contributed by atoms with van der Waals surface area (Å²) in [5.74, 6) is 0.480.